The van der Waals surface area contributed by atoms with Crippen LogP contribution in [0.2, 0.25) is 0 Å². The Morgan fingerprint density at radius 3 is 2.06 bits per heavy atom. The summed E-state index contributed by atoms with van der Waals surface area (Å²) >= 11 is 5.20. The van der Waals surface area contributed by atoms with E-state index in [0.29, 0.717) is 0 Å². The highest BCUT2D eigenvalue weighted by Gasteiger charge is 2.45. The topological polar surface area (TPSA) is 104 Å². The molecule has 0 spiro atoms. The average molecular weight is 287 g/mol. The molecule has 0 aromatic heterocycles. The van der Waals surface area contributed by atoms with Crippen LogP contribution in [0.1, 0.15) is 0 Å². The number of para-hydroxylation sites is 1. The van der Waals surface area contributed by atoms with Crippen LogP contribution < -0.4 is 4.52 Å². The molecular weight excluding hydrogens is 277 g/mol. The first-order valence-electron chi connectivity index (χ1n) is 4.00. The standard InChI is InChI=1S/C7H9ClO6P2/c8-7(15(9,10)11)16(12,13)14-6-4-2-1-3-5-6/h1-5,7H,(H,12,13)(H2,9,10,11). The number of hydrogen-bond acceptors (Lipinski definition) is 3. The summed E-state index contributed by atoms with van der Waals surface area (Å²) in [4.78, 5) is 24.3. The molecule has 0 bridgehead atoms. The molecule has 1 aromatic rings. The Kier molecular flexibility index (Phi) is 4.18. The van der Waals surface area contributed by atoms with Crippen LogP contribution in [-0.4, -0.2) is 19.5 Å². The highest BCUT2D eigenvalue weighted by Crippen LogP contribution is 2.64. The number of rotatable bonds is 4. The maximum Gasteiger partial charge on any atom is 0.406 e. The predicted octanol–water partition coefficient (Wildman–Crippen LogP) is 1.95. The summed E-state index contributed by atoms with van der Waals surface area (Å²) in [5.41, 5.74) is 0. The van der Waals surface area contributed by atoms with Crippen LogP contribution in [0.15, 0.2) is 30.3 Å². The zero-order valence-corrected chi connectivity index (χ0v) is 10.3. The van der Waals surface area contributed by atoms with E-state index in [2.05, 4.69) is 4.52 Å². The molecule has 9 heteroatoms. The lowest BCUT2D eigenvalue weighted by Gasteiger charge is -2.18. The molecule has 2 unspecified atom stereocenters. The van der Waals surface area contributed by atoms with Gasteiger partial charge in [-0.2, -0.15) is 0 Å². The van der Waals surface area contributed by atoms with Crippen molar-refractivity contribution in [2.75, 3.05) is 0 Å². The first kappa shape index (κ1) is 13.7. The lowest BCUT2D eigenvalue weighted by atomic mass is 10.3. The number of halogens is 1. The Labute approximate surface area is 96.5 Å². The monoisotopic (exact) mass is 286 g/mol. The van der Waals surface area contributed by atoms with E-state index in [1.807, 2.05) is 0 Å². The number of hydrogen-bond donors (Lipinski definition) is 3. The fourth-order valence-corrected chi connectivity index (χ4v) is 3.16. The maximum atomic E-state index is 11.4. The summed E-state index contributed by atoms with van der Waals surface area (Å²) in [5.74, 6) is 0.00688. The second kappa shape index (κ2) is 4.88. The van der Waals surface area contributed by atoms with Crippen molar-refractivity contribution in [2.45, 2.75) is 4.86 Å². The minimum atomic E-state index is -4.89. The zero-order valence-electron chi connectivity index (χ0n) is 7.80. The van der Waals surface area contributed by atoms with Crippen molar-refractivity contribution in [1.82, 2.24) is 0 Å². The van der Waals surface area contributed by atoms with Crippen molar-refractivity contribution < 1.29 is 28.3 Å². The molecule has 1 aromatic carbocycles. The Balaban J connectivity index is 2.89. The Hall–Kier alpha value is -0.350. The number of alkyl halides is 1. The third-order valence-corrected chi connectivity index (χ3v) is 6.37. The maximum absolute atomic E-state index is 11.4. The summed E-state index contributed by atoms with van der Waals surface area (Å²) in [7, 11) is -9.51. The van der Waals surface area contributed by atoms with Gasteiger partial charge in [0.15, 0.2) is 0 Å². The highest BCUT2D eigenvalue weighted by molar-refractivity contribution is 7.74. The van der Waals surface area contributed by atoms with Gasteiger partial charge in [0.2, 0.25) is 4.86 Å². The largest absolute Gasteiger partial charge is 0.423 e. The fraction of sp³-hybridized carbons (Fsp3) is 0.143. The molecule has 6 nitrogen and oxygen atoms in total. The van der Waals surface area contributed by atoms with Gasteiger partial charge in [-0.15, -0.1) is 0 Å². The molecule has 2 atom stereocenters. The van der Waals surface area contributed by atoms with E-state index < -0.39 is 20.1 Å². The summed E-state index contributed by atoms with van der Waals surface area (Å²) in [5, 5.41) is 0. The van der Waals surface area contributed by atoms with Gasteiger partial charge in [0.1, 0.15) is 5.75 Å². The molecule has 0 heterocycles. The predicted molar refractivity (Wildman–Crippen MR) is 58.6 cm³/mol. The average Bonchev–Trinajstić information content (AvgIpc) is 2.16. The van der Waals surface area contributed by atoms with Gasteiger partial charge >= 0.3 is 15.2 Å². The van der Waals surface area contributed by atoms with Gasteiger partial charge < -0.3 is 19.2 Å². The summed E-state index contributed by atoms with van der Waals surface area (Å²) in [6.07, 6.45) is 0. The molecule has 0 amide bonds. The summed E-state index contributed by atoms with van der Waals surface area (Å²) in [6.45, 7) is 0. The smallest absolute Gasteiger partial charge is 0.406 e. The Morgan fingerprint density at radius 2 is 1.62 bits per heavy atom. The van der Waals surface area contributed by atoms with E-state index in [-0.39, 0.29) is 5.75 Å². The van der Waals surface area contributed by atoms with Gasteiger partial charge in [-0.05, 0) is 12.1 Å². The fourth-order valence-electron chi connectivity index (χ4n) is 0.866. The van der Waals surface area contributed by atoms with Crippen molar-refractivity contribution in [2.24, 2.45) is 0 Å². The summed E-state index contributed by atoms with van der Waals surface area (Å²) < 4.78 is 26.7. The molecule has 0 aliphatic heterocycles. The van der Waals surface area contributed by atoms with E-state index in [4.69, 9.17) is 21.4 Å². The van der Waals surface area contributed by atoms with E-state index >= 15 is 0 Å². The Morgan fingerprint density at radius 1 is 1.12 bits per heavy atom. The van der Waals surface area contributed by atoms with Crippen LogP contribution in [0.25, 0.3) is 0 Å². The van der Waals surface area contributed by atoms with Gasteiger partial charge in [0.05, 0.1) is 0 Å². The van der Waals surface area contributed by atoms with Crippen molar-refractivity contribution in [3.63, 3.8) is 0 Å². The van der Waals surface area contributed by atoms with Crippen molar-refractivity contribution in [3.8, 4) is 5.75 Å². The first-order valence-corrected chi connectivity index (χ1v) is 7.76. The van der Waals surface area contributed by atoms with Gasteiger partial charge in [-0.25, -0.2) is 4.57 Å². The third-order valence-electron chi connectivity index (χ3n) is 1.53. The quantitative estimate of drug-likeness (QED) is 0.577. The molecule has 0 saturated carbocycles. The first-order chi connectivity index (χ1) is 7.23. The van der Waals surface area contributed by atoms with Gasteiger partial charge in [0.25, 0.3) is 0 Å². The minimum absolute atomic E-state index is 0.00688. The van der Waals surface area contributed by atoms with Crippen LogP contribution in [0.4, 0.5) is 0 Å². The van der Waals surface area contributed by atoms with E-state index in [1.165, 1.54) is 24.3 Å². The van der Waals surface area contributed by atoms with Gasteiger partial charge in [-0.3, -0.25) is 4.57 Å². The molecule has 0 aliphatic rings. The SMILES string of the molecule is O=P(O)(O)C(Cl)P(=O)(O)Oc1ccccc1. The number of benzene rings is 1. The normalized spacial score (nSPS) is 17.5. The third kappa shape index (κ3) is 3.59. The summed E-state index contributed by atoms with van der Waals surface area (Å²) in [6, 6.07) is 7.46. The molecular formula is C7H9ClO6P2. The molecule has 0 aliphatic carbocycles. The molecule has 0 saturated heterocycles. The lowest BCUT2D eigenvalue weighted by Crippen LogP contribution is -2.06. The van der Waals surface area contributed by atoms with Crippen LogP contribution in [0.3, 0.4) is 0 Å². The molecule has 0 radical (unpaired) electrons. The Bertz CT molecular complexity index is 443. The second-order valence-electron chi connectivity index (χ2n) is 2.87. The zero-order chi connectivity index (χ0) is 12.4. The molecule has 0 fully saturated rings. The minimum Gasteiger partial charge on any atom is -0.423 e. The van der Waals surface area contributed by atoms with Crippen molar-refractivity contribution >= 4 is 26.8 Å². The van der Waals surface area contributed by atoms with Crippen LogP contribution >= 0.6 is 26.8 Å². The second-order valence-corrected chi connectivity index (χ2v) is 7.84. The van der Waals surface area contributed by atoms with Crippen LogP contribution in [-0.2, 0) is 9.13 Å². The van der Waals surface area contributed by atoms with Crippen molar-refractivity contribution in [1.29, 1.82) is 0 Å². The molecule has 90 valence electrons. The van der Waals surface area contributed by atoms with Crippen molar-refractivity contribution in [3.05, 3.63) is 30.3 Å². The highest BCUT2D eigenvalue weighted by atomic mass is 35.5. The van der Waals surface area contributed by atoms with E-state index in [1.54, 1.807) is 6.07 Å². The van der Waals surface area contributed by atoms with Gasteiger partial charge in [0, 0.05) is 0 Å². The molecule has 16 heavy (non-hydrogen) atoms. The molecule has 3 N–H and O–H groups in total. The van der Waals surface area contributed by atoms with Gasteiger partial charge in [-0.1, -0.05) is 29.8 Å². The van der Waals surface area contributed by atoms with Crippen LogP contribution in [0, 0.1) is 0 Å². The van der Waals surface area contributed by atoms with E-state index in [9.17, 15) is 14.0 Å². The van der Waals surface area contributed by atoms with Crippen LogP contribution in [0.5, 0.6) is 5.75 Å². The van der Waals surface area contributed by atoms with E-state index in [0.717, 1.165) is 0 Å². The molecule has 1 rings (SSSR count). The lowest BCUT2D eigenvalue weighted by molar-refractivity contribution is 0.355.